The molecule has 3 heterocycles. The summed E-state index contributed by atoms with van der Waals surface area (Å²) in [6.45, 7) is 2.17. The van der Waals surface area contributed by atoms with Gasteiger partial charge in [0.15, 0.2) is 5.65 Å². The monoisotopic (exact) mass is 336 g/mol. The zero-order valence-electron chi connectivity index (χ0n) is 14.8. The van der Waals surface area contributed by atoms with E-state index in [-0.39, 0.29) is 6.04 Å². The van der Waals surface area contributed by atoms with Crippen molar-refractivity contribution in [3.05, 3.63) is 42.1 Å². The maximum Gasteiger partial charge on any atom is 0.163 e. The minimum atomic E-state index is 0.170. The number of nitrogens with zero attached hydrogens (tertiary/aromatic N) is 5. The highest BCUT2D eigenvalue weighted by molar-refractivity contribution is 5.86. The Hall–Kier alpha value is -2.50. The maximum absolute atomic E-state index is 4.91. The number of pyridine rings is 1. The number of anilines is 1. The van der Waals surface area contributed by atoms with E-state index < -0.39 is 0 Å². The Kier molecular flexibility index (Phi) is 4.34. The average Bonchev–Trinajstić information content (AvgIpc) is 3.31. The molecule has 3 aromatic heterocycles. The van der Waals surface area contributed by atoms with Crippen LogP contribution in [0.4, 0.5) is 5.82 Å². The van der Waals surface area contributed by atoms with Crippen molar-refractivity contribution in [1.29, 1.82) is 0 Å². The molecule has 0 spiro atoms. The van der Waals surface area contributed by atoms with E-state index in [4.69, 9.17) is 9.97 Å². The van der Waals surface area contributed by atoms with Gasteiger partial charge in [-0.2, -0.15) is 5.10 Å². The van der Waals surface area contributed by atoms with Crippen molar-refractivity contribution >= 4 is 16.9 Å². The van der Waals surface area contributed by atoms with Crippen molar-refractivity contribution in [2.75, 3.05) is 5.32 Å². The molecular weight excluding hydrogens is 312 g/mol. The predicted octanol–water partition coefficient (Wildman–Crippen LogP) is 3.98. The van der Waals surface area contributed by atoms with Crippen LogP contribution in [0.2, 0.25) is 0 Å². The van der Waals surface area contributed by atoms with Crippen molar-refractivity contribution in [3.8, 4) is 0 Å². The van der Waals surface area contributed by atoms with Gasteiger partial charge >= 0.3 is 0 Å². The lowest BCUT2D eigenvalue weighted by Gasteiger charge is -2.19. The van der Waals surface area contributed by atoms with Crippen LogP contribution in [0.5, 0.6) is 0 Å². The van der Waals surface area contributed by atoms with Crippen LogP contribution >= 0.6 is 0 Å². The summed E-state index contributed by atoms with van der Waals surface area (Å²) in [7, 11) is 1.94. The minimum Gasteiger partial charge on any atom is -0.362 e. The van der Waals surface area contributed by atoms with Crippen molar-refractivity contribution < 1.29 is 0 Å². The lowest BCUT2D eigenvalue weighted by molar-refractivity contribution is 0.664. The molecule has 0 unspecified atom stereocenters. The van der Waals surface area contributed by atoms with Crippen molar-refractivity contribution in [2.24, 2.45) is 7.05 Å². The van der Waals surface area contributed by atoms with E-state index >= 15 is 0 Å². The van der Waals surface area contributed by atoms with Crippen molar-refractivity contribution in [3.63, 3.8) is 0 Å². The van der Waals surface area contributed by atoms with Gasteiger partial charge in [-0.3, -0.25) is 9.67 Å². The first-order valence-corrected chi connectivity index (χ1v) is 9.12. The third kappa shape index (κ3) is 3.08. The van der Waals surface area contributed by atoms with Gasteiger partial charge in [-0.05, 0) is 30.9 Å². The van der Waals surface area contributed by atoms with E-state index in [1.807, 2.05) is 30.2 Å². The molecule has 1 N–H and O–H groups in total. The number of aryl methyl sites for hydroxylation is 1. The van der Waals surface area contributed by atoms with Crippen LogP contribution in [-0.4, -0.2) is 24.7 Å². The fraction of sp³-hybridized carbons (Fsp3) is 0.474. The summed E-state index contributed by atoms with van der Waals surface area (Å²) in [5.41, 5.74) is 2.07. The predicted molar refractivity (Wildman–Crippen MR) is 98.4 cm³/mol. The third-order valence-corrected chi connectivity index (χ3v) is 5.14. The van der Waals surface area contributed by atoms with Crippen molar-refractivity contribution in [1.82, 2.24) is 24.7 Å². The molecule has 6 heteroatoms. The number of aromatic nitrogens is 5. The van der Waals surface area contributed by atoms with Crippen LogP contribution in [0.3, 0.4) is 0 Å². The Labute approximate surface area is 147 Å². The summed E-state index contributed by atoms with van der Waals surface area (Å²) in [4.78, 5) is 14.0. The minimum absolute atomic E-state index is 0.170. The standard InChI is InChI=1S/C19H24N6/c1-3-16(14-9-6-10-20-11-14)22-18-15-12-21-25(2)19(15)24-17(23-18)13-7-4-5-8-13/h6,9-13,16H,3-5,7-8H2,1-2H3,(H,22,23,24)/t16-/m0/s1. The van der Waals surface area contributed by atoms with Crippen LogP contribution in [-0.2, 0) is 7.05 Å². The molecule has 1 atom stereocenters. The van der Waals surface area contributed by atoms with Crippen LogP contribution in [0.15, 0.2) is 30.7 Å². The molecule has 0 radical (unpaired) electrons. The number of hydrogen-bond donors (Lipinski definition) is 1. The first-order valence-electron chi connectivity index (χ1n) is 9.12. The second-order valence-electron chi connectivity index (χ2n) is 6.81. The Morgan fingerprint density at radius 2 is 2.08 bits per heavy atom. The van der Waals surface area contributed by atoms with E-state index in [0.29, 0.717) is 5.92 Å². The second-order valence-corrected chi connectivity index (χ2v) is 6.81. The highest BCUT2D eigenvalue weighted by Crippen LogP contribution is 2.34. The topological polar surface area (TPSA) is 68.5 Å². The summed E-state index contributed by atoms with van der Waals surface area (Å²) in [6.07, 6.45) is 11.4. The number of fused-ring (bicyclic) bond motifs is 1. The first kappa shape index (κ1) is 16.0. The van der Waals surface area contributed by atoms with Gasteiger partial charge in [0.1, 0.15) is 11.6 Å². The quantitative estimate of drug-likeness (QED) is 0.763. The Balaban J connectivity index is 1.74. The highest BCUT2D eigenvalue weighted by atomic mass is 15.3. The lowest BCUT2D eigenvalue weighted by Crippen LogP contribution is -2.13. The molecule has 1 aliphatic carbocycles. The second kappa shape index (κ2) is 6.78. The molecule has 3 aromatic rings. The smallest absolute Gasteiger partial charge is 0.163 e. The average molecular weight is 336 g/mol. The summed E-state index contributed by atoms with van der Waals surface area (Å²) < 4.78 is 1.84. The van der Waals surface area contributed by atoms with Gasteiger partial charge in [-0.1, -0.05) is 25.8 Å². The molecule has 0 bridgehead atoms. The fourth-order valence-corrected chi connectivity index (χ4v) is 3.68. The normalized spacial score (nSPS) is 16.4. The molecule has 6 nitrogen and oxygen atoms in total. The molecule has 0 aromatic carbocycles. The molecule has 0 amide bonds. The maximum atomic E-state index is 4.91. The first-order chi connectivity index (χ1) is 12.3. The van der Waals surface area contributed by atoms with Gasteiger partial charge in [0.05, 0.1) is 17.6 Å². The zero-order chi connectivity index (χ0) is 17.2. The highest BCUT2D eigenvalue weighted by Gasteiger charge is 2.23. The van der Waals surface area contributed by atoms with Crippen LogP contribution in [0, 0.1) is 0 Å². The number of hydrogen-bond acceptors (Lipinski definition) is 5. The molecule has 1 saturated carbocycles. The summed E-state index contributed by atoms with van der Waals surface area (Å²) >= 11 is 0. The van der Waals surface area contributed by atoms with Gasteiger partial charge in [0, 0.05) is 25.4 Å². The Morgan fingerprint density at radius 1 is 1.24 bits per heavy atom. The zero-order valence-corrected chi connectivity index (χ0v) is 14.8. The Morgan fingerprint density at radius 3 is 2.80 bits per heavy atom. The van der Waals surface area contributed by atoms with Gasteiger partial charge in [0.25, 0.3) is 0 Å². The largest absolute Gasteiger partial charge is 0.362 e. The number of rotatable bonds is 5. The lowest BCUT2D eigenvalue weighted by atomic mass is 10.1. The summed E-state index contributed by atoms with van der Waals surface area (Å²) in [5.74, 6) is 2.31. The van der Waals surface area contributed by atoms with E-state index in [9.17, 15) is 0 Å². The molecular formula is C19H24N6. The van der Waals surface area contributed by atoms with E-state index in [2.05, 4.69) is 28.4 Å². The van der Waals surface area contributed by atoms with Crippen LogP contribution in [0.25, 0.3) is 11.0 Å². The van der Waals surface area contributed by atoms with Gasteiger partial charge < -0.3 is 5.32 Å². The number of nitrogens with one attached hydrogen (secondary N) is 1. The van der Waals surface area contributed by atoms with Crippen LogP contribution in [0.1, 0.15) is 62.4 Å². The summed E-state index contributed by atoms with van der Waals surface area (Å²) in [6, 6.07) is 4.25. The van der Waals surface area contributed by atoms with E-state index in [1.165, 1.54) is 31.2 Å². The van der Waals surface area contributed by atoms with E-state index in [1.54, 1.807) is 6.20 Å². The molecule has 0 saturated heterocycles. The molecule has 4 rings (SSSR count). The third-order valence-electron chi connectivity index (χ3n) is 5.14. The molecule has 0 aliphatic heterocycles. The molecule has 25 heavy (non-hydrogen) atoms. The van der Waals surface area contributed by atoms with Crippen LogP contribution < -0.4 is 5.32 Å². The van der Waals surface area contributed by atoms with Crippen molar-refractivity contribution in [2.45, 2.75) is 51.0 Å². The van der Waals surface area contributed by atoms with Gasteiger partial charge in [-0.15, -0.1) is 0 Å². The molecule has 1 fully saturated rings. The molecule has 1 aliphatic rings. The summed E-state index contributed by atoms with van der Waals surface area (Å²) in [5, 5.41) is 8.99. The SMILES string of the molecule is CC[C@H](Nc1nc(C2CCCC2)nc2c1cnn2C)c1cccnc1. The molecule has 130 valence electrons. The van der Waals surface area contributed by atoms with Gasteiger partial charge in [-0.25, -0.2) is 9.97 Å². The fourth-order valence-electron chi connectivity index (χ4n) is 3.68. The van der Waals surface area contributed by atoms with Gasteiger partial charge in [0.2, 0.25) is 0 Å². The Bertz CT molecular complexity index is 851. The van der Waals surface area contributed by atoms with E-state index in [0.717, 1.165) is 29.1 Å².